The van der Waals surface area contributed by atoms with Crippen molar-refractivity contribution >= 4 is 29.3 Å². The second-order valence-corrected chi connectivity index (χ2v) is 5.01. The topological polar surface area (TPSA) is 59.4 Å². The molecule has 0 bridgehead atoms. The molecule has 6 nitrogen and oxygen atoms in total. The average molecular weight is 294 g/mol. The van der Waals surface area contributed by atoms with Gasteiger partial charge in [-0.05, 0) is 37.7 Å². The molecule has 108 valence electrons. The van der Waals surface area contributed by atoms with E-state index in [9.17, 15) is 4.79 Å². The molecule has 0 radical (unpaired) electrons. The quantitative estimate of drug-likeness (QED) is 0.495. The number of nitrogens with one attached hydrogen (secondary N) is 1. The summed E-state index contributed by atoms with van der Waals surface area (Å²) in [5.41, 5.74) is 2.25. The van der Waals surface area contributed by atoms with Gasteiger partial charge >= 0.3 is 0 Å². The summed E-state index contributed by atoms with van der Waals surface area (Å²) in [4.78, 5) is 13.8. The number of carbonyl (C=O) groups excluding carboxylic acids is 1. The van der Waals surface area contributed by atoms with Crippen molar-refractivity contribution in [1.82, 2.24) is 20.0 Å². The van der Waals surface area contributed by atoms with E-state index in [0.29, 0.717) is 24.0 Å². The van der Waals surface area contributed by atoms with Crippen LogP contribution in [0.1, 0.15) is 17.8 Å². The summed E-state index contributed by atoms with van der Waals surface area (Å²) in [5, 5.41) is 7.64. The number of thiocarbonyl (C=S) groups is 1. The summed E-state index contributed by atoms with van der Waals surface area (Å²) in [5.74, 6) is -0.107. The van der Waals surface area contributed by atoms with Gasteiger partial charge in [-0.2, -0.15) is 5.10 Å². The van der Waals surface area contributed by atoms with E-state index in [0.717, 1.165) is 17.8 Å². The largest absolute Gasteiger partial charge is 0.385 e. The molecule has 1 fully saturated rings. The van der Waals surface area contributed by atoms with Gasteiger partial charge in [0.15, 0.2) is 5.11 Å². The lowest BCUT2D eigenvalue weighted by molar-refractivity contribution is -0.122. The van der Waals surface area contributed by atoms with Crippen LogP contribution in [0.15, 0.2) is 11.8 Å². The minimum atomic E-state index is -0.107. The highest BCUT2D eigenvalue weighted by Gasteiger charge is 2.30. The Morgan fingerprint density at radius 2 is 2.30 bits per heavy atom. The van der Waals surface area contributed by atoms with Crippen molar-refractivity contribution in [2.75, 3.05) is 20.3 Å². The summed E-state index contributed by atoms with van der Waals surface area (Å²) in [6.07, 6.45) is 2.52. The number of amides is 1. The Bertz CT molecular complexity index is 565. The van der Waals surface area contributed by atoms with E-state index in [2.05, 4.69) is 10.4 Å². The van der Waals surface area contributed by atoms with E-state index >= 15 is 0 Å². The van der Waals surface area contributed by atoms with Crippen molar-refractivity contribution in [3.63, 3.8) is 0 Å². The first kappa shape index (κ1) is 14.7. The maximum absolute atomic E-state index is 12.3. The van der Waals surface area contributed by atoms with Crippen LogP contribution in [0.5, 0.6) is 0 Å². The van der Waals surface area contributed by atoms with Gasteiger partial charge in [-0.3, -0.25) is 14.4 Å². The van der Waals surface area contributed by atoms with Crippen molar-refractivity contribution < 1.29 is 9.53 Å². The molecule has 0 saturated carbocycles. The fourth-order valence-corrected chi connectivity index (χ4v) is 2.34. The summed E-state index contributed by atoms with van der Waals surface area (Å²) in [6, 6.07) is 1.92. The second kappa shape index (κ2) is 6.15. The van der Waals surface area contributed by atoms with Crippen LogP contribution in [0.4, 0.5) is 0 Å². The van der Waals surface area contributed by atoms with Crippen LogP contribution in [-0.2, 0) is 16.6 Å². The van der Waals surface area contributed by atoms with Crippen LogP contribution in [0.3, 0.4) is 0 Å². The standard InChI is InChI=1S/C13H18N4O2S/c1-9-7-10(16(2)15-9)8-11-12(18)17(13(20)14-11)5-4-6-19-3/h7-8H,4-6H2,1-3H3,(H,14,20)/b11-8+. The van der Waals surface area contributed by atoms with E-state index in [1.54, 1.807) is 22.8 Å². The van der Waals surface area contributed by atoms with Crippen molar-refractivity contribution in [2.45, 2.75) is 13.3 Å². The zero-order chi connectivity index (χ0) is 14.7. The van der Waals surface area contributed by atoms with Crippen LogP contribution in [0.25, 0.3) is 6.08 Å². The number of aryl methyl sites for hydroxylation is 2. The van der Waals surface area contributed by atoms with E-state index in [4.69, 9.17) is 17.0 Å². The zero-order valence-electron chi connectivity index (χ0n) is 11.8. The predicted molar refractivity (Wildman–Crippen MR) is 79.9 cm³/mol. The molecule has 0 unspecified atom stereocenters. The van der Waals surface area contributed by atoms with Gasteiger partial charge in [0.2, 0.25) is 0 Å². The third-order valence-corrected chi connectivity index (χ3v) is 3.35. The maximum Gasteiger partial charge on any atom is 0.276 e. The first-order valence-corrected chi connectivity index (χ1v) is 6.78. The fourth-order valence-electron chi connectivity index (χ4n) is 2.06. The van der Waals surface area contributed by atoms with Gasteiger partial charge in [0.1, 0.15) is 5.70 Å². The van der Waals surface area contributed by atoms with Crippen LogP contribution in [-0.4, -0.2) is 46.0 Å². The lowest BCUT2D eigenvalue weighted by atomic mass is 10.3. The molecule has 1 N–H and O–H groups in total. The highest BCUT2D eigenvalue weighted by Crippen LogP contribution is 2.15. The van der Waals surface area contributed by atoms with Gasteiger partial charge in [0, 0.05) is 27.3 Å². The van der Waals surface area contributed by atoms with Crippen LogP contribution in [0, 0.1) is 6.92 Å². The lowest BCUT2D eigenvalue weighted by Crippen LogP contribution is -2.32. The number of carbonyl (C=O) groups is 1. The molecule has 0 atom stereocenters. The highest BCUT2D eigenvalue weighted by atomic mass is 32.1. The van der Waals surface area contributed by atoms with Gasteiger partial charge in [-0.15, -0.1) is 0 Å². The smallest absolute Gasteiger partial charge is 0.276 e. The monoisotopic (exact) mass is 294 g/mol. The van der Waals surface area contributed by atoms with Crippen LogP contribution < -0.4 is 5.32 Å². The number of ether oxygens (including phenoxy) is 1. The van der Waals surface area contributed by atoms with Gasteiger partial charge in [0.05, 0.1) is 11.4 Å². The molecule has 1 saturated heterocycles. The third kappa shape index (κ3) is 3.05. The van der Waals surface area contributed by atoms with E-state index in [1.165, 1.54) is 0 Å². The Morgan fingerprint density at radius 3 is 2.90 bits per heavy atom. The Labute approximate surface area is 123 Å². The molecule has 1 aliphatic rings. The summed E-state index contributed by atoms with van der Waals surface area (Å²) >= 11 is 5.19. The maximum atomic E-state index is 12.3. The summed E-state index contributed by atoms with van der Waals surface area (Å²) in [7, 11) is 3.48. The van der Waals surface area contributed by atoms with Gasteiger partial charge in [0.25, 0.3) is 5.91 Å². The molecule has 2 heterocycles. The summed E-state index contributed by atoms with van der Waals surface area (Å²) in [6.45, 7) is 3.07. The number of rotatable bonds is 5. The molecular weight excluding hydrogens is 276 g/mol. The predicted octanol–water partition coefficient (Wildman–Crippen LogP) is 0.823. The molecule has 0 aliphatic carbocycles. The molecule has 0 aromatic carbocycles. The van der Waals surface area contributed by atoms with E-state index in [-0.39, 0.29) is 5.91 Å². The first-order chi connectivity index (χ1) is 9.52. The number of hydrogen-bond donors (Lipinski definition) is 1. The Kier molecular flexibility index (Phi) is 4.51. The number of aromatic nitrogens is 2. The first-order valence-electron chi connectivity index (χ1n) is 6.37. The normalized spacial score (nSPS) is 17.1. The fraction of sp³-hybridized carbons (Fsp3) is 0.462. The van der Waals surface area contributed by atoms with Gasteiger partial charge < -0.3 is 10.1 Å². The molecule has 0 spiro atoms. The number of nitrogens with zero attached hydrogens (tertiary/aromatic N) is 3. The Hall–Kier alpha value is -1.73. The Balaban J connectivity index is 2.13. The molecule has 2 rings (SSSR count). The highest BCUT2D eigenvalue weighted by molar-refractivity contribution is 7.80. The van der Waals surface area contributed by atoms with Crippen molar-refractivity contribution in [1.29, 1.82) is 0 Å². The molecule has 1 amide bonds. The minimum absolute atomic E-state index is 0.107. The SMILES string of the molecule is COCCCN1C(=O)/C(=C\c2cc(C)nn2C)NC1=S. The van der Waals surface area contributed by atoms with E-state index < -0.39 is 0 Å². The Morgan fingerprint density at radius 1 is 1.55 bits per heavy atom. The molecule has 1 aromatic heterocycles. The third-order valence-electron chi connectivity index (χ3n) is 3.02. The van der Waals surface area contributed by atoms with E-state index in [1.807, 2.05) is 20.0 Å². The zero-order valence-corrected chi connectivity index (χ0v) is 12.7. The molecule has 20 heavy (non-hydrogen) atoms. The number of methoxy groups -OCH3 is 1. The van der Waals surface area contributed by atoms with Gasteiger partial charge in [-0.25, -0.2) is 0 Å². The van der Waals surface area contributed by atoms with Crippen molar-refractivity contribution in [2.24, 2.45) is 7.05 Å². The van der Waals surface area contributed by atoms with Crippen LogP contribution in [0.2, 0.25) is 0 Å². The molecule has 1 aliphatic heterocycles. The second-order valence-electron chi connectivity index (χ2n) is 4.63. The summed E-state index contributed by atoms with van der Waals surface area (Å²) < 4.78 is 6.72. The average Bonchev–Trinajstić information content (AvgIpc) is 2.83. The van der Waals surface area contributed by atoms with Gasteiger partial charge in [-0.1, -0.05) is 0 Å². The minimum Gasteiger partial charge on any atom is -0.385 e. The molecule has 7 heteroatoms. The molecular formula is C13H18N4O2S. The lowest BCUT2D eigenvalue weighted by Gasteiger charge is -2.12. The number of hydrogen-bond acceptors (Lipinski definition) is 4. The van der Waals surface area contributed by atoms with Crippen molar-refractivity contribution in [3.8, 4) is 0 Å². The molecule has 1 aromatic rings. The van der Waals surface area contributed by atoms with Crippen molar-refractivity contribution in [3.05, 3.63) is 23.2 Å². The van der Waals surface area contributed by atoms with Crippen LogP contribution >= 0.6 is 12.2 Å².